The van der Waals surface area contributed by atoms with Crippen molar-refractivity contribution in [2.75, 3.05) is 18.5 Å². The molecule has 0 radical (unpaired) electrons. The highest BCUT2D eigenvalue weighted by atomic mass is 79.9. The zero-order valence-electron chi connectivity index (χ0n) is 12.1. The molecular formula is C16H22BrN3. The van der Waals surface area contributed by atoms with Gasteiger partial charge in [-0.15, -0.1) is 0 Å². The zero-order chi connectivity index (χ0) is 13.9. The fourth-order valence-electron chi connectivity index (χ4n) is 3.31. The fourth-order valence-corrected chi connectivity index (χ4v) is 3.83. The minimum Gasteiger partial charge on any atom is -0.358 e. The molecule has 0 atom stereocenters. The average Bonchev–Trinajstić information content (AvgIpc) is 2.87. The van der Waals surface area contributed by atoms with Crippen LogP contribution in [0.4, 0.5) is 5.82 Å². The lowest BCUT2D eigenvalue weighted by atomic mass is 9.89. The Balaban J connectivity index is 1.84. The molecule has 0 aliphatic heterocycles. The van der Waals surface area contributed by atoms with Gasteiger partial charge in [0.05, 0.1) is 5.69 Å². The highest BCUT2D eigenvalue weighted by Crippen LogP contribution is 2.28. The SMILES string of the molecule is CN(CC1CCCCC1)c1nc2ccccn2c1CBr. The van der Waals surface area contributed by atoms with Crippen LogP contribution in [0.5, 0.6) is 0 Å². The van der Waals surface area contributed by atoms with Gasteiger partial charge in [0.15, 0.2) is 5.82 Å². The molecule has 1 aliphatic carbocycles. The molecule has 0 bridgehead atoms. The third kappa shape index (κ3) is 2.71. The van der Waals surface area contributed by atoms with Gasteiger partial charge in [-0.3, -0.25) is 0 Å². The molecule has 3 rings (SSSR count). The fraction of sp³-hybridized carbons (Fsp3) is 0.562. The molecule has 1 fully saturated rings. The summed E-state index contributed by atoms with van der Waals surface area (Å²) >= 11 is 3.61. The second-order valence-corrected chi connectivity index (χ2v) is 6.39. The van der Waals surface area contributed by atoms with Crippen molar-refractivity contribution in [2.45, 2.75) is 37.4 Å². The molecule has 0 amide bonds. The number of hydrogen-bond acceptors (Lipinski definition) is 2. The number of halogens is 1. The first-order valence-corrected chi connectivity index (χ1v) is 8.65. The molecule has 108 valence electrons. The summed E-state index contributed by atoms with van der Waals surface area (Å²) < 4.78 is 2.18. The third-order valence-electron chi connectivity index (χ3n) is 4.35. The molecule has 4 heteroatoms. The lowest BCUT2D eigenvalue weighted by Gasteiger charge is -2.27. The maximum absolute atomic E-state index is 4.81. The number of fused-ring (bicyclic) bond motifs is 1. The molecule has 0 unspecified atom stereocenters. The minimum atomic E-state index is 0.835. The van der Waals surface area contributed by atoms with Crippen LogP contribution >= 0.6 is 15.9 Å². The summed E-state index contributed by atoms with van der Waals surface area (Å²) in [5.74, 6) is 1.96. The van der Waals surface area contributed by atoms with E-state index in [2.05, 4.69) is 50.6 Å². The molecule has 1 saturated carbocycles. The van der Waals surface area contributed by atoms with Crippen molar-refractivity contribution < 1.29 is 0 Å². The predicted octanol–water partition coefficient (Wildman–Crippen LogP) is 4.25. The highest BCUT2D eigenvalue weighted by molar-refractivity contribution is 9.08. The van der Waals surface area contributed by atoms with E-state index >= 15 is 0 Å². The highest BCUT2D eigenvalue weighted by Gasteiger charge is 2.19. The van der Waals surface area contributed by atoms with E-state index in [1.807, 2.05) is 6.07 Å². The third-order valence-corrected chi connectivity index (χ3v) is 4.88. The number of hydrogen-bond donors (Lipinski definition) is 0. The van der Waals surface area contributed by atoms with Crippen LogP contribution in [0.25, 0.3) is 5.65 Å². The summed E-state index contributed by atoms with van der Waals surface area (Å²) in [6.45, 7) is 1.13. The quantitative estimate of drug-likeness (QED) is 0.778. The van der Waals surface area contributed by atoms with Crippen LogP contribution in [0.2, 0.25) is 0 Å². The molecule has 0 N–H and O–H groups in total. The van der Waals surface area contributed by atoms with Crippen LogP contribution in [-0.4, -0.2) is 23.0 Å². The Morgan fingerprint density at radius 3 is 2.85 bits per heavy atom. The monoisotopic (exact) mass is 335 g/mol. The molecule has 2 aromatic heterocycles. The van der Waals surface area contributed by atoms with Crippen LogP contribution in [0.3, 0.4) is 0 Å². The predicted molar refractivity (Wildman–Crippen MR) is 87.7 cm³/mol. The van der Waals surface area contributed by atoms with E-state index in [0.717, 1.165) is 29.3 Å². The number of rotatable bonds is 4. The summed E-state index contributed by atoms with van der Waals surface area (Å²) in [7, 11) is 2.18. The van der Waals surface area contributed by atoms with Gasteiger partial charge in [0, 0.05) is 25.1 Å². The number of nitrogens with zero attached hydrogens (tertiary/aromatic N) is 3. The molecule has 20 heavy (non-hydrogen) atoms. The van der Waals surface area contributed by atoms with Gasteiger partial charge in [-0.1, -0.05) is 41.3 Å². The molecular weight excluding hydrogens is 314 g/mol. The molecule has 0 spiro atoms. The van der Waals surface area contributed by atoms with Crippen LogP contribution < -0.4 is 4.90 Å². The molecule has 2 aromatic rings. The smallest absolute Gasteiger partial charge is 0.151 e. The van der Waals surface area contributed by atoms with Gasteiger partial charge in [0.2, 0.25) is 0 Å². The van der Waals surface area contributed by atoms with E-state index in [-0.39, 0.29) is 0 Å². The van der Waals surface area contributed by atoms with E-state index < -0.39 is 0 Å². The Bertz CT molecular complexity index is 572. The second-order valence-electron chi connectivity index (χ2n) is 5.83. The van der Waals surface area contributed by atoms with Crippen molar-refractivity contribution in [3.63, 3.8) is 0 Å². The number of anilines is 1. The van der Waals surface area contributed by atoms with Crippen molar-refractivity contribution in [2.24, 2.45) is 5.92 Å². The van der Waals surface area contributed by atoms with Crippen molar-refractivity contribution >= 4 is 27.4 Å². The number of aromatic nitrogens is 2. The van der Waals surface area contributed by atoms with Gasteiger partial charge in [0.25, 0.3) is 0 Å². The Kier molecular flexibility index (Phi) is 4.29. The summed E-state index contributed by atoms with van der Waals surface area (Å²) in [5.41, 5.74) is 2.28. The summed E-state index contributed by atoms with van der Waals surface area (Å²) in [6.07, 6.45) is 9.06. The minimum absolute atomic E-state index is 0.835. The standard InChI is InChI=1S/C16H22BrN3/c1-19(12-13-7-3-2-4-8-13)16-14(11-17)20-10-6-5-9-15(20)18-16/h5-6,9-10,13H,2-4,7-8,11-12H2,1H3. The maximum Gasteiger partial charge on any atom is 0.151 e. The van der Waals surface area contributed by atoms with Gasteiger partial charge in [-0.25, -0.2) is 4.98 Å². The van der Waals surface area contributed by atoms with E-state index in [1.54, 1.807) is 0 Å². The zero-order valence-corrected chi connectivity index (χ0v) is 13.6. The van der Waals surface area contributed by atoms with Crippen LogP contribution in [0.1, 0.15) is 37.8 Å². The van der Waals surface area contributed by atoms with E-state index in [0.29, 0.717) is 0 Å². The molecule has 0 saturated heterocycles. The van der Waals surface area contributed by atoms with Gasteiger partial charge < -0.3 is 9.30 Å². The first kappa shape index (κ1) is 13.9. The number of alkyl halides is 1. The van der Waals surface area contributed by atoms with Crippen molar-refractivity contribution in [3.05, 3.63) is 30.1 Å². The normalized spacial score (nSPS) is 16.7. The maximum atomic E-state index is 4.81. The van der Waals surface area contributed by atoms with Crippen molar-refractivity contribution in [3.8, 4) is 0 Å². The van der Waals surface area contributed by atoms with Crippen LogP contribution in [0, 0.1) is 5.92 Å². The second kappa shape index (κ2) is 6.17. The van der Waals surface area contributed by atoms with E-state index in [4.69, 9.17) is 4.98 Å². The lowest BCUT2D eigenvalue weighted by Crippen LogP contribution is -2.27. The Labute approximate surface area is 129 Å². The van der Waals surface area contributed by atoms with Crippen molar-refractivity contribution in [1.29, 1.82) is 0 Å². The summed E-state index contributed by atoms with van der Waals surface area (Å²) in [6, 6.07) is 6.18. The topological polar surface area (TPSA) is 20.5 Å². The molecule has 3 nitrogen and oxygen atoms in total. The van der Waals surface area contributed by atoms with Gasteiger partial charge in [0.1, 0.15) is 5.65 Å². The Morgan fingerprint density at radius 2 is 2.10 bits per heavy atom. The Morgan fingerprint density at radius 1 is 1.30 bits per heavy atom. The van der Waals surface area contributed by atoms with Gasteiger partial charge in [-0.05, 0) is 30.9 Å². The Hall–Kier alpha value is -1.03. The van der Waals surface area contributed by atoms with Gasteiger partial charge >= 0.3 is 0 Å². The number of pyridine rings is 1. The van der Waals surface area contributed by atoms with E-state index in [9.17, 15) is 0 Å². The van der Waals surface area contributed by atoms with Crippen LogP contribution in [-0.2, 0) is 5.33 Å². The summed E-state index contributed by atoms with van der Waals surface area (Å²) in [4.78, 5) is 7.15. The van der Waals surface area contributed by atoms with E-state index in [1.165, 1.54) is 37.8 Å². The number of imidazole rings is 1. The largest absolute Gasteiger partial charge is 0.358 e. The molecule has 1 aliphatic rings. The lowest BCUT2D eigenvalue weighted by molar-refractivity contribution is 0.361. The van der Waals surface area contributed by atoms with Gasteiger partial charge in [-0.2, -0.15) is 0 Å². The first-order valence-electron chi connectivity index (χ1n) is 7.52. The van der Waals surface area contributed by atoms with Crippen molar-refractivity contribution in [1.82, 2.24) is 9.38 Å². The molecule has 2 heterocycles. The van der Waals surface area contributed by atoms with Crippen LogP contribution in [0.15, 0.2) is 24.4 Å². The molecule has 0 aromatic carbocycles. The first-order chi connectivity index (χ1) is 9.79. The summed E-state index contributed by atoms with van der Waals surface area (Å²) in [5, 5.41) is 0.836. The average molecular weight is 336 g/mol.